The Morgan fingerprint density at radius 1 is 1.13 bits per heavy atom. The fourth-order valence-corrected chi connectivity index (χ4v) is 2.92. The van der Waals surface area contributed by atoms with Crippen molar-refractivity contribution in [1.82, 2.24) is 14.4 Å². The number of nitrogens with zero attached hydrogens (tertiary/aromatic N) is 3. The van der Waals surface area contributed by atoms with Gasteiger partial charge in [-0.3, -0.25) is 19.3 Å². The molecule has 1 aromatic rings. The van der Waals surface area contributed by atoms with Crippen molar-refractivity contribution in [3.8, 4) is 0 Å². The highest BCUT2D eigenvalue weighted by Gasteiger charge is 2.46. The van der Waals surface area contributed by atoms with Crippen molar-refractivity contribution in [3.63, 3.8) is 0 Å². The van der Waals surface area contributed by atoms with Crippen LogP contribution in [-0.2, 0) is 16.1 Å². The van der Waals surface area contributed by atoms with Gasteiger partial charge in [0.25, 0.3) is 0 Å². The molecule has 0 N–H and O–H groups in total. The summed E-state index contributed by atoms with van der Waals surface area (Å²) in [5.41, 5.74) is 2.20. The maximum Gasteiger partial charge on any atom is 0.334 e. The Labute approximate surface area is 134 Å². The minimum Gasteiger partial charge on any atom is -0.349 e. The molecule has 2 rings (SSSR count). The van der Waals surface area contributed by atoms with Crippen LogP contribution in [0.5, 0.6) is 0 Å². The number of aromatic nitrogens is 1. The lowest BCUT2D eigenvalue weighted by molar-refractivity contribution is -0.143. The van der Waals surface area contributed by atoms with Crippen molar-refractivity contribution in [3.05, 3.63) is 23.0 Å². The van der Waals surface area contributed by atoms with Gasteiger partial charge < -0.3 is 4.57 Å². The molecule has 7 heteroatoms. The minimum atomic E-state index is -0.943. The Balaban J connectivity index is 2.26. The van der Waals surface area contributed by atoms with Crippen LogP contribution in [0.15, 0.2) is 6.07 Å². The quantitative estimate of drug-likeness (QED) is 0.468. The number of aryl methyl sites for hydroxylation is 1. The Bertz CT molecular complexity index is 702. The summed E-state index contributed by atoms with van der Waals surface area (Å²) >= 11 is 0. The average Bonchev–Trinajstić information content (AvgIpc) is 2.87. The first-order valence-corrected chi connectivity index (χ1v) is 7.59. The van der Waals surface area contributed by atoms with Crippen LogP contribution in [0.3, 0.4) is 0 Å². The molecule has 1 aliphatic heterocycles. The number of ketones is 1. The molecule has 0 radical (unpaired) electrons. The van der Waals surface area contributed by atoms with Crippen LogP contribution in [0, 0.1) is 13.8 Å². The summed E-state index contributed by atoms with van der Waals surface area (Å²) in [5, 5.41) is 0. The number of hydrogen-bond donors (Lipinski definition) is 0. The van der Waals surface area contributed by atoms with Crippen LogP contribution in [0.4, 0.5) is 4.79 Å². The van der Waals surface area contributed by atoms with Gasteiger partial charge in [0.2, 0.25) is 0 Å². The third-order valence-corrected chi connectivity index (χ3v) is 4.09. The van der Waals surface area contributed by atoms with Gasteiger partial charge in [0.1, 0.15) is 0 Å². The lowest BCUT2D eigenvalue weighted by Gasteiger charge is -2.18. The fourth-order valence-electron chi connectivity index (χ4n) is 2.92. The van der Waals surface area contributed by atoms with Crippen molar-refractivity contribution in [1.29, 1.82) is 0 Å². The number of hydrogen-bond acceptors (Lipinski definition) is 4. The number of urea groups is 1. The maximum atomic E-state index is 12.5. The molecule has 0 atom stereocenters. The minimum absolute atomic E-state index is 0.349. The van der Waals surface area contributed by atoms with Crippen LogP contribution in [0.1, 0.15) is 42.5 Å². The summed E-state index contributed by atoms with van der Waals surface area (Å²) in [6, 6.07) is 0.589. The van der Waals surface area contributed by atoms with Crippen molar-refractivity contribution >= 4 is 23.6 Å². The van der Waals surface area contributed by atoms with Gasteiger partial charge in [-0.25, -0.2) is 9.69 Å². The number of rotatable bonds is 5. The molecule has 4 amide bonds. The van der Waals surface area contributed by atoms with Crippen molar-refractivity contribution in [2.24, 2.45) is 0 Å². The highest BCUT2D eigenvalue weighted by molar-refractivity contribution is 6.45. The van der Waals surface area contributed by atoms with Gasteiger partial charge in [0.05, 0.1) is 6.54 Å². The maximum absolute atomic E-state index is 12.5. The van der Waals surface area contributed by atoms with E-state index in [1.807, 2.05) is 25.3 Å². The first kappa shape index (κ1) is 16.9. The van der Waals surface area contributed by atoms with E-state index in [2.05, 4.69) is 0 Å². The van der Waals surface area contributed by atoms with Gasteiger partial charge in [-0.1, -0.05) is 0 Å². The van der Waals surface area contributed by atoms with Gasteiger partial charge >= 0.3 is 17.8 Å². The van der Waals surface area contributed by atoms with E-state index >= 15 is 0 Å². The summed E-state index contributed by atoms with van der Waals surface area (Å²) in [7, 11) is 0. The van der Waals surface area contributed by atoms with Crippen LogP contribution in [0.25, 0.3) is 0 Å². The molecule has 1 aromatic heterocycles. The summed E-state index contributed by atoms with van der Waals surface area (Å²) in [6.07, 6.45) is 0. The first-order chi connectivity index (χ1) is 10.7. The zero-order valence-corrected chi connectivity index (χ0v) is 14.0. The van der Waals surface area contributed by atoms with Crippen molar-refractivity contribution < 1.29 is 19.2 Å². The molecule has 1 fully saturated rings. The molecule has 7 nitrogen and oxygen atoms in total. The normalized spacial score (nSPS) is 15.3. The molecule has 1 aliphatic rings. The van der Waals surface area contributed by atoms with Gasteiger partial charge in [-0.05, 0) is 40.7 Å². The summed E-state index contributed by atoms with van der Waals surface area (Å²) in [6.45, 7) is 9.28. The second-order valence-electron chi connectivity index (χ2n) is 5.90. The topological polar surface area (TPSA) is 79.7 Å². The lowest BCUT2D eigenvalue weighted by atomic mass is 10.1. The summed E-state index contributed by atoms with van der Waals surface area (Å²) in [5.74, 6) is -2.17. The van der Waals surface area contributed by atoms with Crippen LogP contribution in [-0.4, -0.2) is 50.6 Å². The smallest absolute Gasteiger partial charge is 0.334 e. The molecular formula is C16H21N3O4. The highest BCUT2D eigenvalue weighted by atomic mass is 16.2. The van der Waals surface area contributed by atoms with Gasteiger partial charge in [-0.15, -0.1) is 0 Å². The molecule has 0 spiro atoms. The summed E-state index contributed by atoms with van der Waals surface area (Å²) < 4.78 is 1.98. The highest BCUT2D eigenvalue weighted by Crippen LogP contribution is 2.19. The predicted octanol–water partition coefficient (Wildman–Crippen LogP) is 1.51. The van der Waals surface area contributed by atoms with E-state index in [4.69, 9.17) is 0 Å². The molecule has 124 valence electrons. The largest absolute Gasteiger partial charge is 0.349 e. The van der Waals surface area contributed by atoms with E-state index in [1.165, 1.54) is 0 Å². The van der Waals surface area contributed by atoms with Crippen molar-refractivity contribution in [2.45, 2.75) is 47.2 Å². The second-order valence-corrected chi connectivity index (χ2v) is 5.90. The molecule has 0 aliphatic carbocycles. The van der Waals surface area contributed by atoms with E-state index in [0.29, 0.717) is 5.56 Å². The molecule has 2 heterocycles. The third kappa shape index (κ3) is 2.67. The molecule has 23 heavy (non-hydrogen) atoms. The fraction of sp³-hybridized carbons (Fsp3) is 0.500. The van der Waals surface area contributed by atoms with Crippen LogP contribution < -0.4 is 0 Å². The average molecular weight is 319 g/mol. The second kappa shape index (κ2) is 5.98. The lowest BCUT2D eigenvalue weighted by Crippen LogP contribution is -2.39. The van der Waals surface area contributed by atoms with E-state index in [1.54, 1.807) is 19.9 Å². The molecule has 0 unspecified atom stereocenters. The van der Waals surface area contributed by atoms with Crippen LogP contribution in [0.2, 0.25) is 0 Å². The summed E-state index contributed by atoms with van der Waals surface area (Å²) in [4.78, 5) is 50.1. The number of amides is 4. The van der Waals surface area contributed by atoms with Crippen molar-refractivity contribution in [2.75, 3.05) is 6.54 Å². The van der Waals surface area contributed by atoms with Crippen LogP contribution >= 0.6 is 0 Å². The Morgan fingerprint density at radius 3 is 2.17 bits per heavy atom. The number of carbonyl (C=O) groups is 4. The molecular weight excluding hydrogens is 298 g/mol. The van der Waals surface area contributed by atoms with E-state index in [-0.39, 0.29) is 5.78 Å². The van der Waals surface area contributed by atoms with Gasteiger partial charge in [0, 0.05) is 29.5 Å². The Morgan fingerprint density at radius 2 is 1.74 bits per heavy atom. The third-order valence-electron chi connectivity index (χ3n) is 4.09. The predicted molar refractivity (Wildman–Crippen MR) is 83.0 cm³/mol. The zero-order valence-electron chi connectivity index (χ0n) is 14.0. The molecule has 0 aromatic carbocycles. The van der Waals surface area contributed by atoms with Gasteiger partial charge in [0.15, 0.2) is 5.78 Å². The molecule has 0 saturated carbocycles. The van der Waals surface area contributed by atoms with E-state index in [0.717, 1.165) is 27.7 Å². The number of imide groups is 2. The monoisotopic (exact) mass is 319 g/mol. The Kier molecular flexibility index (Phi) is 4.40. The SMILES string of the molecule is CCn1c(C)cc(C(=O)CN2C(=O)C(=O)N(C(C)C)C2=O)c1C. The van der Waals surface area contributed by atoms with E-state index in [9.17, 15) is 19.2 Å². The number of carbonyl (C=O) groups excluding carboxylic acids is 4. The number of Topliss-reactive ketones (excluding diaryl/α,β-unsaturated/α-hetero) is 1. The molecule has 1 saturated heterocycles. The Hall–Kier alpha value is -2.44. The van der Waals surface area contributed by atoms with E-state index < -0.39 is 30.4 Å². The van der Waals surface area contributed by atoms with Gasteiger partial charge in [-0.2, -0.15) is 0 Å². The zero-order chi connectivity index (χ0) is 17.5. The standard InChI is InChI=1S/C16H21N3O4/c1-6-17-10(4)7-12(11(17)5)13(20)8-18-14(21)15(22)19(9(2)3)16(18)23/h7,9H,6,8H2,1-5H3. The molecule has 0 bridgehead atoms. The first-order valence-electron chi connectivity index (χ1n) is 7.59.